The van der Waals surface area contributed by atoms with E-state index in [1.165, 1.54) is 0 Å². The Labute approximate surface area is 163 Å². The second-order valence-corrected chi connectivity index (χ2v) is 6.81. The Hall–Kier alpha value is -3.00. The topological polar surface area (TPSA) is 104 Å². The quantitative estimate of drug-likeness (QED) is 0.542. The van der Waals surface area contributed by atoms with E-state index in [0.717, 1.165) is 4.47 Å². The number of nitrogens with one attached hydrogen (secondary N) is 3. The van der Waals surface area contributed by atoms with E-state index < -0.39 is 5.91 Å². The van der Waals surface area contributed by atoms with E-state index in [1.807, 2.05) is 6.07 Å². The highest BCUT2D eigenvalue weighted by Gasteiger charge is 2.08. The average Bonchev–Trinajstić information content (AvgIpc) is 2.67. The average molecular weight is 429 g/mol. The molecule has 0 saturated heterocycles. The first-order valence-electron chi connectivity index (χ1n) is 8.35. The van der Waals surface area contributed by atoms with Gasteiger partial charge in [0.15, 0.2) is 0 Å². The van der Waals surface area contributed by atoms with Crippen molar-refractivity contribution >= 4 is 38.6 Å². The molecule has 0 spiro atoms. The summed E-state index contributed by atoms with van der Waals surface area (Å²) >= 11 is 3.29. The van der Waals surface area contributed by atoms with E-state index in [-0.39, 0.29) is 17.9 Å². The minimum Gasteiger partial charge on any atom is -0.310 e. The van der Waals surface area contributed by atoms with Gasteiger partial charge in [-0.1, -0.05) is 28.1 Å². The van der Waals surface area contributed by atoms with Crippen molar-refractivity contribution in [3.05, 3.63) is 74.7 Å². The summed E-state index contributed by atoms with van der Waals surface area (Å²) in [6, 6.07) is 13.9. The second-order valence-electron chi connectivity index (χ2n) is 5.89. The fourth-order valence-corrected chi connectivity index (χ4v) is 2.80. The number of para-hydroxylation sites is 1. The van der Waals surface area contributed by atoms with Crippen LogP contribution in [0.1, 0.15) is 29.0 Å². The van der Waals surface area contributed by atoms with Gasteiger partial charge in [-0.25, -0.2) is 4.98 Å². The van der Waals surface area contributed by atoms with Gasteiger partial charge in [-0.3, -0.25) is 25.2 Å². The number of amides is 2. The number of H-pyrrole nitrogens is 1. The first-order chi connectivity index (χ1) is 13.0. The number of halogens is 1. The van der Waals surface area contributed by atoms with Crippen LogP contribution in [0.3, 0.4) is 0 Å². The molecule has 0 fully saturated rings. The first kappa shape index (κ1) is 18.8. The van der Waals surface area contributed by atoms with Gasteiger partial charge < -0.3 is 4.98 Å². The lowest BCUT2D eigenvalue weighted by Crippen LogP contribution is -2.41. The van der Waals surface area contributed by atoms with Crippen LogP contribution >= 0.6 is 15.9 Å². The van der Waals surface area contributed by atoms with Crippen molar-refractivity contribution in [2.75, 3.05) is 0 Å². The fourth-order valence-electron chi connectivity index (χ4n) is 2.53. The Balaban J connectivity index is 1.47. The summed E-state index contributed by atoms with van der Waals surface area (Å²) in [6.45, 7) is 0. The van der Waals surface area contributed by atoms with Gasteiger partial charge in [-0.05, 0) is 42.8 Å². The molecule has 3 aromatic rings. The molecule has 2 aromatic carbocycles. The number of benzene rings is 2. The Morgan fingerprint density at radius 2 is 1.78 bits per heavy atom. The summed E-state index contributed by atoms with van der Waals surface area (Å²) < 4.78 is 0.864. The Morgan fingerprint density at radius 1 is 1.04 bits per heavy atom. The van der Waals surface area contributed by atoms with Crippen LogP contribution in [0, 0.1) is 0 Å². The van der Waals surface area contributed by atoms with E-state index in [1.54, 1.807) is 42.5 Å². The molecule has 0 saturated carbocycles. The maximum absolute atomic E-state index is 12.0. The van der Waals surface area contributed by atoms with Gasteiger partial charge in [0.2, 0.25) is 5.91 Å². The van der Waals surface area contributed by atoms with Crippen molar-refractivity contribution in [1.82, 2.24) is 20.8 Å². The van der Waals surface area contributed by atoms with Gasteiger partial charge in [0.1, 0.15) is 5.82 Å². The van der Waals surface area contributed by atoms with Crippen LogP contribution in [0.25, 0.3) is 10.9 Å². The lowest BCUT2D eigenvalue weighted by atomic mass is 10.2. The number of hydrogen-bond donors (Lipinski definition) is 3. The number of carbonyl (C=O) groups is 2. The van der Waals surface area contributed by atoms with Gasteiger partial charge >= 0.3 is 0 Å². The molecule has 0 aliphatic carbocycles. The van der Waals surface area contributed by atoms with Crippen molar-refractivity contribution in [2.24, 2.45) is 0 Å². The van der Waals surface area contributed by atoms with Gasteiger partial charge in [0.25, 0.3) is 11.5 Å². The molecular formula is C19H17BrN4O3. The van der Waals surface area contributed by atoms with Gasteiger partial charge in [0.05, 0.1) is 10.9 Å². The molecule has 27 heavy (non-hydrogen) atoms. The highest BCUT2D eigenvalue weighted by atomic mass is 79.9. The van der Waals surface area contributed by atoms with E-state index in [2.05, 4.69) is 36.7 Å². The summed E-state index contributed by atoms with van der Waals surface area (Å²) in [5, 5.41) is 0.537. The molecule has 3 N–H and O–H groups in total. The number of aryl methyl sites for hydroxylation is 1. The maximum atomic E-state index is 12.0. The zero-order chi connectivity index (χ0) is 19.2. The molecule has 1 aromatic heterocycles. The van der Waals surface area contributed by atoms with Crippen molar-refractivity contribution in [1.29, 1.82) is 0 Å². The van der Waals surface area contributed by atoms with Crippen LogP contribution in [-0.2, 0) is 11.2 Å². The summed E-state index contributed by atoms with van der Waals surface area (Å²) in [5.74, 6) is -0.176. The van der Waals surface area contributed by atoms with Crippen LogP contribution in [0.5, 0.6) is 0 Å². The molecule has 0 atom stereocenters. The molecule has 0 aliphatic rings. The minimum atomic E-state index is -0.392. The Kier molecular flexibility index (Phi) is 5.97. The van der Waals surface area contributed by atoms with Crippen LogP contribution in [0.15, 0.2) is 57.8 Å². The molecular weight excluding hydrogens is 412 g/mol. The summed E-state index contributed by atoms with van der Waals surface area (Å²) in [5.41, 5.74) is 5.63. The smallest absolute Gasteiger partial charge is 0.269 e. The SMILES string of the molecule is O=C(CCCc1nc2ccccc2c(=O)[nH]1)NNC(=O)c1ccc(Br)cc1. The summed E-state index contributed by atoms with van der Waals surface area (Å²) in [4.78, 5) is 42.9. The number of aromatic amines is 1. The molecule has 3 rings (SSSR count). The zero-order valence-electron chi connectivity index (χ0n) is 14.3. The number of aromatic nitrogens is 2. The predicted molar refractivity (Wildman–Crippen MR) is 105 cm³/mol. The second kappa shape index (κ2) is 8.59. The third-order valence-corrected chi connectivity index (χ3v) is 4.43. The predicted octanol–water partition coefficient (Wildman–Crippen LogP) is 2.47. The van der Waals surface area contributed by atoms with E-state index in [4.69, 9.17) is 0 Å². The third kappa shape index (κ3) is 5.01. The Bertz CT molecular complexity index is 1030. The lowest BCUT2D eigenvalue weighted by molar-refractivity contribution is -0.121. The van der Waals surface area contributed by atoms with Gasteiger partial charge in [-0.2, -0.15) is 0 Å². The van der Waals surface area contributed by atoms with Crippen LogP contribution in [-0.4, -0.2) is 21.8 Å². The maximum Gasteiger partial charge on any atom is 0.269 e. The lowest BCUT2D eigenvalue weighted by Gasteiger charge is -2.07. The van der Waals surface area contributed by atoms with E-state index in [9.17, 15) is 14.4 Å². The molecule has 0 bridgehead atoms. The number of rotatable bonds is 5. The van der Waals surface area contributed by atoms with Crippen LogP contribution in [0.4, 0.5) is 0 Å². The standard InChI is InChI=1S/C19H17BrN4O3/c20-13-10-8-12(9-11-13)18(26)24-23-17(25)7-3-6-16-21-15-5-2-1-4-14(15)19(27)22-16/h1-2,4-5,8-11H,3,6-7H2,(H,23,25)(H,24,26)(H,21,22,27). The molecule has 1 heterocycles. The van der Waals surface area contributed by atoms with Crippen molar-refractivity contribution < 1.29 is 9.59 Å². The van der Waals surface area contributed by atoms with Gasteiger partial charge in [0, 0.05) is 22.9 Å². The molecule has 138 valence electrons. The summed E-state index contributed by atoms with van der Waals surface area (Å²) in [6.07, 6.45) is 1.13. The van der Waals surface area contributed by atoms with Crippen LogP contribution in [0.2, 0.25) is 0 Å². The van der Waals surface area contributed by atoms with E-state index in [0.29, 0.717) is 35.1 Å². The minimum absolute atomic E-state index is 0.192. The zero-order valence-corrected chi connectivity index (χ0v) is 15.9. The highest BCUT2D eigenvalue weighted by Crippen LogP contribution is 2.10. The number of fused-ring (bicyclic) bond motifs is 1. The molecule has 2 amide bonds. The fraction of sp³-hybridized carbons (Fsp3) is 0.158. The van der Waals surface area contributed by atoms with Gasteiger partial charge in [-0.15, -0.1) is 0 Å². The Morgan fingerprint density at radius 3 is 2.56 bits per heavy atom. The molecule has 8 heteroatoms. The third-order valence-electron chi connectivity index (χ3n) is 3.90. The number of hydrazine groups is 1. The molecule has 0 unspecified atom stereocenters. The molecule has 0 radical (unpaired) electrons. The van der Waals surface area contributed by atoms with Crippen molar-refractivity contribution in [3.63, 3.8) is 0 Å². The number of nitrogens with zero attached hydrogens (tertiary/aromatic N) is 1. The van der Waals surface area contributed by atoms with Crippen LogP contribution < -0.4 is 16.4 Å². The number of hydrogen-bond acceptors (Lipinski definition) is 4. The monoisotopic (exact) mass is 428 g/mol. The van der Waals surface area contributed by atoms with Crippen molar-refractivity contribution in [3.8, 4) is 0 Å². The first-order valence-corrected chi connectivity index (χ1v) is 9.15. The normalized spacial score (nSPS) is 10.6. The highest BCUT2D eigenvalue weighted by molar-refractivity contribution is 9.10. The molecule has 7 nitrogen and oxygen atoms in total. The van der Waals surface area contributed by atoms with Crippen molar-refractivity contribution in [2.45, 2.75) is 19.3 Å². The molecule has 0 aliphatic heterocycles. The number of carbonyl (C=O) groups excluding carboxylic acids is 2. The summed E-state index contributed by atoms with van der Waals surface area (Å²) in [7, 11) is 0. The van der Waals surface area contributed by atoms with E-state index >= 15 is 0 Å². The largest absolute Gasteiger partial charge is 0.310 e.